The molecule has 1 rings (SSSR count). The normalized spacial score (nSPS) is 12.8. The molecule has 0 unspecified atom stereocenters. The molecular weight excluding hydrogens is 332 g/mol. The maximum atomic E-state index is 12.4. The summed E-state index contributed by atoms with van der Waals surface area (Å²) in [5.74, 6) is -1.82. The average Bonchev–Trinajstić information content (AvgIpc) is 3.05. The molecule has 0 fully saturated rings. The van der Waals surface area contributed by atoms with E-state index in [1.54, 1.807) is 13.8 Å². The van der Waals surface area contributed by atoms with Crippen molar-refractivity contribution in [3.05, 3.63) is 23.9 Å². The number of carbonyl (C=O) groups excluding carboxylic acids is 3. The molecule has 0 aliphatic rings. The van der Waals surface area contributed by atoms with Gasteiger partial charge in [0.15, 0.2) is 12.5 Å². The SMILES string of the molecule is CO[C@H](C(=O)N[C@@H](CCC(=O)C=[N+]=[N-])C(=O)OC(C)C)c1cocn1. The van der Waals surface area contributed by atoms with Gasteiger partial charge in [-0.05, 0) is 20.3 Å². The number of hydrogen-bond donors (Lipinski definition) is 1. The maximum absolute atomic E-state index is 12.4. The summed E-state index contributed by atoms with van der Waals surface area (Å²) >= 11 is 0. The third-order valence-corrected chi connectivity index (χ3v) is 3.03. The van der Waals surface area contributed by atoms with Gasteiger partial charge in [-0.3, -0.25) is 9.59 Å². The lowest BCUT2D eigenvalue weighted by atomic mass is 10.1. The van der Waals surface area contributed by atoms with E-state index < -0.39 is 35.9 Å². The van der Waals surface area contributed by atoms with Crippen molar-refractivity contribution in [1.29, 1.82) is 0 Å². The molecule has 1 aromatic rings. The minimum absolute atomic E-state index is 0.0304. The molecular formula is C15H20N4O6. The molecule has 10 heteroatoms. The van der Waals surface area contributed by atoms with Gasteiger partial charge in [0.25, 0.3) is 5.91 Å². The Hall–Kier alpha value is -2.84. The molecule has 0 saturated heterocycles. The van der Waals surface area contributed by atoms with Crippen LogP contribution in [0.2, 0.25) is 0 Å². The highest BCUT2D eigenvalue weighted by molar-refractivity contribution is 6.25. The Kier molecular flexibility index (Phi) is 8.17. The zero-order valence-corrected chi connectivity index (χ0v) is 14.2. The molecule has 1 heterocycles. The third kappa shape index (κ3) is 6.66. The summed E-state index contributed by atoms with van der Waals surface area (Å²) in [6.07, 6.45) is 1.49. The predicted octanol–water partition coefficient (Wildman–Crippen LogP) is 0.448. The molecule has 10 nitrogen and oxygen atoms in total. The van der Waals surface area contributed by atoms with Crippen molar-refractivity contribution in [3.8, 4) is 0 Å². The number of ketones is 1. The summed E-state index contributed by atoms with van der Waals surface area (Å²) in [4.78, 5) is 42.4. The molecule has 1 aromatic heterocycles. The molecule has 2 atom stereocenters. The van der Waals surface area contributed by atoms with E-state index in [-0.39, 0.29) is 18.5 Å². The first-order valence-corrected chi connectivity index (χ1v) is 7.51. The Bertz CT molecular complexity index is 636. The number of ether oxygens (including phenoxy) is 2. The second-order valence-electron chi connectivity index (χ2n) is 5.33. The molecule has 1 amide bonds. The van der Waals surface area contributed by atoms with Crippen LogP contribution in [0.25, 0.3) is 5.53 Å². The summed E-state index contributed by atoms with van der Waals surface area (Å²) < 4.78 is 15.0. The minimum Gasteiger partial charge on any atom is -0.461 e. The largest absolute Gasteiger partial charge is 0.461 e. The van der Waals surface area contributed by atoms with Crippen molar-refractivity contribution in [2.24, 2.45) is 0 Å². The zero-order chi connectivity index (χ0) is 18.8. The summed E-state index contributed by atoms with van der Waals surface area (Å²) in [5, 5.41) is 2.48. The molecule has 0 aliphatic heterocycles. The smallest absolute Gasteiger partial charge is 0.328 e. The van der Waals surface area contributed by atoms with Gasteiger partial charge >= 0.3 is 12.2 Å². The van der Waals surface area contributed by atoms with Crippen LogP contribution in [0.5, 0.6) is 0 Å². The van der Waals surface area contributed by atoms with Gasteiger partial charge in [-0.2, -0.15) is 4.79 Å². The van der Waals surface area contributed by atoms with E-state index in [0.29, 0.717) is 0 Å². The molecule has 136 valence electrons. The summed E-state index contributed by atoms with van der Waals surface area (Å²) in [6.45, 7) is 3.32. The quantitative estimate of drug-likeness (QED) is 0.278. The predicted molar refractivity (Wildman–Crippen MR) is 83.3 cm³/mol. The molecule has 0 saturated carbocycles. The van der Waals surface area contributed by atoms with Crippen LogP contribution in [0.4, 0.5) is 0 Å². The first kappa shape index (κ1) is 20.2. The van der Waals surface area contributed by atoms with Crippen LogP contribution in [0.15, 0.2) is 17.1 Å². The summed E-state index contributed by atoms with van der Waals surface area (Å²) in [5.41, 5.74) is 8.58. The van der Waals surface area contributed by atoms with Crippen LogP contribution in [-0.2, 0) is 23.9 Å². The van der Waals surface area contributed by atoms with Gasteiger partial charge in [-0.25, -0.2) is 9.78 Å². The second-order valence-corrected chi connectivity index (χ2v) is 5.33. The van der Waals surface area contributed by atoms with Crippen molar-refractivity contribution in [2.75, 3.05) is 7.11 Å². The Morgan fingerprint density at radius 2 is 2.16 bits per heavy atom. The maximum Gasteiger partial charge on any atom is 0.328 e. The van der Waals surface area contributed by atoms with Crippen LogP contribution < -0.4 is 5.32 Å². The van der Waals surface area contributed by atoms with Crippen LogP contribution in [0, 0.1) is 0 Å². The van der Waals surface area contributed by atoms with E-state index in [1.807, 2.05) is 0 Å². The fourth-order valence-electron chi connectivity index (χ4n) is 1.94. The molecule has 25 heavy (non-hydrogen) atoms. The van der Waals surface area contributed by atoms with Crippen molar-refractivity contribution < 1.29 is 33.1 Å². The zero-order valence-electron chi connectivity index (χ0n) is 14.2. The second kappa shape index (κ2) is 10.1. The fourth-order valence-corrected chi connectivity index (χ4v) is 1.94. The Labute approximate surface area is 144 Å². The first-order chi connectivity index (χ1) is 11.9. The molecule has 0 aromatic carbocycles. The first-order valence-electron chi connectivity index (χ1n) is 7.51. The van der Waals surface area contributed by atoms with E-state index >= 15 is 0 Å². The number of esters is 1. The van der Waals surface area contributed by atoms with Gasteiger partial charge in [0.05, 0.1) is 6.10 Å². The number of carbonyl (C=O) groups is 3. The van der Waals surface area contributed by atoms with Gasteiger partial charge < -0.3 is 24.7 Å². The number of oxazole rings is 1. The number of hydrogen-bond acceptors (Lipinski definition) is 7. The number of nitrogens with zero attached hydrogens (tertiary/aromatic N) is 3. The Morgan fingerprint density at radius 3 is 2.68 bits per heavy atom. The van der Waals surface area contributed by atoms with Crippen molar-refractivity contribution in [2.45, 2.75) is 44.9 Å². The highest BCUT2D eigenvalue weighted by atomic mass is 16.5. The monoisotopic (exact) mass is 352 g/mol. The summed E-state index contributed by atoms with van der Waals surface area (Å²) in [7, 11) is 1.31. The number of rotatable bonds is 10. The number of aromatic nitrogens is 1. The van der Waals surface area contributed by atoms with Gasteiger partial charge in [0.2, 0.25) is 5.78 Å². The van der Waals surface area contributed by atoms with E-state index in [4.69, 9.17) is 19.4 Å². The van der Waals surface area contributed by atoms with Gasteiger partial charge in [-0.15, -0.1) is 0 Å². The van der Waals surface area contributed by atoms with Gasteiger partial charge in [0.1, 0.15) is 18.0 Å². The van der Waals surface area contributed by atoms with E-state index in [9.17, 15) is 14.4 Å². The standard InChI is InChI=1S/C15H20N4O6/c1-9(2)25-15(22)11(5-4-10(20)6-18-16)19-14(21)13(23-3)12-7-24-8-17-12/h6-9,11,13H,4-5H2,1-3H3,(H,19,21)/t11-,13-/m0/s1. The van der Waals surface area contributed by atoms with Crippen molar-refractivity contribution in [3.63, 3.8) is 0 Å². The van der Waals surface area contributed by atoms with Gasteiger partial charge in [-0.1, -0.05) is 0 Å². The van der Waals surface area contributed by atoms with Crippen LogP contribution in [0.3, 0.4) is 0 Å². The lowest BCUT2D eigenvalue weighted by molar-refractivity contribution is -0.153. The number of nitrogens with one attached hydrogen (secondary N) is 1. The summed E-state index contributed by atoms with van der Waals surface area (Å²) in [6, 6.07) is -1.07. The van der Waals surface area contributed by atoms with E-state index in [1.165, 1.54) is 13.4 Å². The van der Waals surface area contributed by atoms with E-state index in [2.05, 4.69) is 15.1 Å². The molecule has 1 N–H and O–H groups in total. The number of methoxy groups -OCH3 is 1. The Morgan fingerprint density at radius 1 is 1.44 bits per heavy atom. The highest BCUT2D eigenvalue weighted by Gasteiger charge is 2.29. The van der Waals surface area contributed by atoms with Crippen molar-refractivity contribution in [1.82, 2.24) is 10.3 Å². The molecule has 0 spiro atoms. The van der Waals surface area contributed by atoms with Crippen LogP contribution >= 0.6 is 0 Å². The van der Waals surface area contributed by atoms with Crippen molar-refractivity contribution >= 4 is 23.9 Å². The van der Waals surface area contributed by atoms with Crippen LogP contribution in [-0.4, -0.2) is 52.9 Å². The van der Waals surface area contributed by atoms with E-state index in [0.717, 1.165) is 12.6 Å². The lowest BCUT2D eigenvalue weighted by Crippen LogP contribution is -2.45. The van der Waals surface area contributed by atoms with Crippen LogP contribution in [0.1, 0.15) is 38.5 Å². The average molecular weight is 352 g/mol. The molecule has 0 radical (unpaired) electrons. The third-order valence-electron chi connectivity index (χ3n) is 3.03. The number of amides is 1. The van der Waals surface area contributed by atoms with Gasteiger partial charge in [0, 0.05) is 13.5 Å². The lowest BCUT2D eigenvalue weighted by Gasteiger charge is -2.21. The topological polar surface area (TPSA) is 144 Å². The minimum atomic E-state index is -1.08. The fraction of sp³-hybridized carbons (Fsp3) is 0.533. The molecule has 0 aliphatic carbocycles. The number of Topliss-reactive ketones (excluding diaryl/α,β-unsaturated/α-hetero) is 1. The molecule has 0 bridgehead atoms. The highest BCUT2D eigenvalue weighted by Crippen LogP contribution is 2.15. The Balaban J connectivity index is 2.83.